The third-order valence-electron chi connectivity index (χ3n) is 5.78. The van der Waals surface area contributed by atoms with E-state index in [1.807, 2.05) is 13.0 Å². The molecule has 0 spiro atoms. The minimum absolute atomic E-state index is 0.683. The molecule has 0 saturated carbocycles. The van der Waals surface area contributed by atoms with E-state index >= 15 is 0 Å². The van der Waals surface area contributed by atoms with Crippen LogP contribution in [0.25, 0.3) is 0 Å². The predicted molar refractivity (Wildman–Crippen MR) is 158 cm³/mol. The summed E-state index contributed by atoms with van der Waals surface area (Å²) in [7, 11) is 0. The Hall–Kier alpha value is -1.56. The van der Waals surface area contributed by atoms with Gasteiger partial charge >= 0.3 is 0 Å². The van der Waals surface area contributed by atoms with E-state index in [1.165, 1.54) is 75.4 Å². The Morgan fingerprint density at radius 2 is 1.36 bits per heavy atom. The van der Waals surface area contributed by atoms with Gasteiger partial charge in [-0.15, -0.1) is 26.3 Å². The molecule has 0 heteroatoms. The Kier molecular flexibility index (Phi) is 31.1. The first-order chi connectivity index (χ1) is 15.8. The van der Waals surface area contributed by atoms with Crippen molar-refractivity contribution >= 4 is 0 Å². The van der Waals surface area contributed by atoms with E-state index in [0.29, 0.717) is 5.92 Å². The Balaban J connectivity index is -0.000000671. The van der Waals surface area contributed by atoms with Crippen LogP contribution < -0.4 is 0 Å². The van der Waals surface area contributed by atoms with Crippen molar-refractivity contribution in [1.29, 1.82) is 0 Å². The van der Waals surface area contributed by atoms with E-state index in [9.17, 15) is 0 Å². The van der Waals surface area contributed by atoms with Gasteiger partial charge in [-0.2, -0.15) is 0 Å². The van der Waals surface area contributed by atoms with Crippen LogP contribution in [0.1, 0.15) is 132 Å². The zero-order valence-corrected chi connectivity index (χ0v) is 23.9. The van der Waals surface area contributed by atoms with Gasteiger partial charge in [0, 0.05) is 0 Å². The highest BCUT2D eigenvalue weighted by atomic mass is 14.1. The summed E-state index contributed by atoms with van der Waals surface area (Å²) in [5, 5.41) is 0. The summed E-state index contributed by atoms with van der Waals surface area (Å²) in [6, 6.07) is 0. The van der Waals surface area contributed by atoms with Crippen LogP contribution in [-0.4, -0.2) is 0 Å². The van der Waals surface area contributed by atoms with E-state index < -0.39 is 0 Å². The second-order valence-electron chi connectivity index (χ2n) is 9.18. The van der Waals surface area contributed by atoms with Crippen LogP contribution in [0.5, 0.6) is 0 Å². The summed E-state index contributed by atoms with van der Waals surface area (Å²) in [4.78, 5) is 0. The molecule has 0 aliphatic heterocycles. The molecule has 0 saturated heterocycles. The number of hydrogen-bond acceptors (Lipinski definition) is 0. The normalized spacial score (nSPS) is 12.0. The maximum atomic E-state index is 4.07. The molecule has 0 amide bonds. The molecule has 0 nitrogen and oxygen atoms in total. The fraction of sp³-hybridized carbons (Fsp3) is 0.636. The monoisotopic (exact) mass is 456 g/mol. The molecule has 192 valence electrons. The number of rotatable bonds is 17. The molecule has 0 fully saturated rings. The minimum Gasteiger partial charge on any atom is -0.103 e. The third-order valence-corrected chi connectivity index (χ3v) is 5.78. The first kappa shape index (κ1) is 36.0. The van der Waals surface area contributed by atoms with Crippen LogP contribution in [0.15, 0.2) is 72.9 Å². The molecule has 0 aliphatic carbocycles. The van der Waals surface area contributed by atoms with Gasteiger partial charge in [0.15, 0.2) is 0 Å². The van der Waals surface area contributed by atoms with Gasteiger partial charge in [0.1, 0.15) is 0 Å². The molecule has 0 rings (SSSR count). The van der Waals surface area contributed by atoms with Crippen LogP contribution in [0, 0.1) is 5.92 Å². The average molecular weight is 457 g/mol. The Morgan fingerprint density at radius 1 is 0.788 bits per heavy atom. The summed E-state index contributed by atoms with van der Waals surface area (Å²) in [5.74, 6) is 0.683. The van der Waals surface area contributed by atoms with Crippen LogP contribution in [0.2, 0.25) is 0 Å². The van der Waals surface area contributed by atoms with Crippen molar-refractivity contribution in [2.45, 2.75) is 132 Å². The van der Waals surface area contributed by atoms with Crippen molar-refractivity contribution in [2.24, 2.45) is 5.92 Å². The van der Waals surface area contributed by atoms with E-state index in [0.717, 1.165) is 19.3 Å². The SMILES string of the molecule is C=CC(CC)CCCC(CCC(=C)C)=C(CC)CCC(=C)C.C=CCCCC.CC=CCC. The van der Waals surface area contributed by atoms with Crippen molar-refractivity contribution in [1.82, 2.24) is 0 Å². The van der Waals surface area contributed by atoms with Gasteiger partial charge in [-0.3, -0.25) is 0 Å². The van der Waals surface area contributed by atoms with Gasteiger partial charge in [0.05, 0.1) is 0 Å². The summed E-state index contributed by atoms with van der Waals surface area (Å²) in [6.07, 6.45) is 24.0. The Morgan fingerprint density at radius 3 is 1.67 bits per heavy atom. The fourth-order valence-corrected chi connectivity index (χ4v) is 3.46. The van der Waals surface area contributed by atoms with Gasteiger partial charge < -0.3 is 0 Å². The van der Waals surface area contributed by atoms with Crippen LogP contribution in [-0.2, 0) is 0 Å². The zero-order chi connectivity index (χ0) is 25.9. The van der Waals surface area contributed by atoms with Crippen LogP contribution in [0.3, 0.4) is 0 Å². The lowest BCUT2D eigenvalue weighted by atomic mass is 9.90. The van der Waals surface area contributed by atoms with Crippen molar-refractivity contribution in [3.8, 4) is 0 Å². The van der Waals surface area contributed by atoms with Crippen molar-refractivity contribution < 1.29 is 0 Å². The van der Waals surface area contributed by atoms with E-state index in [-0.39, 0.29) is 0 Å². The second kappa shape index (κ2) is 28.5. The zero-order valence-electron chi connectivity index (χ0n) is 23.9. The number of hydrogen-bond donors (Lipinski definition) is 0. The molecule has 1 unspecified atom stereocenters. The van der Waals surface area contributed by atoms with Gasteiger partial charge in [-0.1, -0.05) is 87.1 Å². The molecule has 0 aromatic carbocycles. The van der Waals surface area contributed by atoms with Crippen LogP contribution >= 0.6 is 0 Å². The third kappa shape index (κ3) is 28.4. The van der Waals surface area contributed by atoms with Crippen LogP contribution in [0.4, 0.5) is 0 Å². The second-order valence-corrected chi connectivity index (χ2v) is 9.18. The molecule has 0 N–H and O–H groups in total. The Labute approximate surface area is 210 Å². The lowest BCUT2D eigenvalue weighted by Gasteiger charge is -2.16. The lowest BCUT2D eigenvalue weighted by Crippen LogP contribution is -1.98. The molecule has 0 aromatic rings. The largest absolute Gasteiger partial charge is 0.103 e. The summed E-state index contributed by atoms with van der Waals surface area (Å²) in [6.45, 7) is 30.9. The van der Waals surface area contributed by atoms with Gasteiger partial charge in [-0.25, -0.2) is 0 Å². The molecular weight excluding hydrogens is 396 g/mol. The average Bonchev–Trinajstić information content (AvgIpc) is 2.79. The predicted octanol–water partition coefficient (Wildman–Crippen LogP) is 12.1. The molecule has 33 heavy (non-hydrogen) atoms. The van der Waals surface area contributed by atoms with E-state index in [4.69, 9.17) is 0 Å². The molecule has 1 atom stereocenters. The number of allylic oxidation sites excluding steroid dienone is 8. The number of unbranched alkanes of at least 4 members (excludes halogenated alkanes) is 2. The summed E-state index contributed by atoms with van der Waals surface area (Å²) in [5.41, 5.74) is 5.94. The van der Waals surface area contributed by atoms with E-state index in [1.54, 1.807) is 11.1 Å². The fourth-order valence-electron chi connectivity index (χ4n) is 3.46. The maximum absolute atomic E-state index is 4.07. The highest BCUT2D eigenvalue weighted by Crippen LogP contribution is 2.27. The first-order valence-electron chi connectivity index (χ1n) is 13.6. The summed E-state index contributed by atoms with van der Waals surface area (Å²) >= 11 is 0. The quantitative estimate of drug-likeness (QED) is 0.151. The van der Waals surface area contributed by atoms with Gasteiger partial charge in [-0.05, 0) is 97.3 Å². The molecule has 0 heterocycles. The highest BCUT2D eigenvalue weighted by molar-refractivity contribution is 5.17. The standard InChI is InChI=1S/C22H38.C6H12.C5H10/c1-8-20(9-2)12-11-13-22(17-15-19(6)7)21(10-3)16-14-18(4)5;1-3-5-6-4-2;1-3-5-4-2/h8,20H,1,4,6,9-17H2,2-3,5,7H3;3H,1,4-6H2,2H3;3,5H,4H2,1-2H3. The summed E-state index contributed by atoms with van der Waals surface area (Å²) < 4.78 is 0. The van der Waals surface area contributed by atoms with Crippen molar-refractivity contribution in [3.63, 3.8) is 0 Å². The molecule has 0 aliphatic rings. The molecular formula is C33H60. The topological polar surface area (TPSA) is 0 Å². The van der Waals surface area contributed by atoms with Crippen molar-refractivity contribution in [3.05, 3.63) is 72.9 Å². The van der Waals surface area contributed by atoms with Gasteiger partial charge in [0.25, 0.3) is 0 Å². The molecule has 0 aromatic heterocycles. The van der Waals surface area contributed by atoms with Crippen molar-refractivity contribution in [2.75, 3.05) is 0 Å². The molecule has 0 bridgehead atoms. The molecule has 0 radical (unpaired) electrons. The maximum Gasteiger partial charge on any atom is -0.0239 e. The minimum atomic E-state index is 0.683. The Bertz CT molecular complexity index is 540. The van der Waals surface area contributed by atoms with Gasteiger partial charge in [0.2, 0.25) is 0 Å². The smallest absolute Gasteiger partial charge is 0.0239 e. The highest BCUT2D eigenvalue weighted by Gasteiger charge is 2.08. The first-order valence-corrected chi connectivity index (χ1v) is 13.6. The lowest BCUT2D eigenvalue weighted by molar-refractivity contribution is 0.540. The van der Waals surface area contributed by atoms with E-state index in [2.05, 4.69) is 86.1 Å².